The number of carboxylic acids is 1. The van der Waals surface area contributed by atoms with Crippen LogP contribution in [0.5, 0.6) is 11.5 Å². The van der Waals surface area contributed by atoms with Gasteiger partial charge in [0.15, 0.2) is 5.75 Å². The summed E-state index contributed by atoms with van der Waals surface area (Å²) in [6, 6.07) is 12.1. The Morgan fingerprint density at radius 2 is 1.59 bits per heavy atom. The summed E-state index contributed by atoms with van der Waals surface area (Å²) in [6.07, 6.45) is -0.257. The number of sulfonamides is 1. The van der Waals surface area contributed by atoms with Crippen molar-refractivity contribution in [2.45, 2.75) is 11.3 Å². The van der Waals surface area contributed by atoms with Gasteiger partial charge < -0.3 is 9.84 Å². The van der Waals surface area contributed by atoms with Crippen LogP contribution in [0.2, 0.25) is 10.0 Å². The molecule has 0 fully saturated rings. The number of amides is 2. The lowest BCUT2D eigenvalue weighted by atomic mass is 10.1. The van der Waals surface area contributed by atoms with E-state index >= 15 is 0 Å². The van der Waals surface area contributed by atoms with Crippen LogP contribution in [0.1, 0.15) is 26.3 Å². The zero-order valence-corrected chi connectivity index (χ0v) is 19.3. The second-order valence-corrected chi connectivity index (χ2v) is 9.70. The van der Waals surface area contributed by atoms with Crippen molar-refractivity contribution in [2.24, 2.45) is 0 Å². The Kier molecular flexibility index (Phi) is 6.22. The van der Waals surface area contributed by atoms with Crippen molar-refractivity contribution in [3.63, 3.8) is 0 Å². The summed E-state index contributed by atoms with van der Waals surface area (Å²) < 4.78 is 34.0. The van der Waals surface area contributed by atoms with E-state index in [9.17, 15) is 22.8 Å². The van der Waals surface area contributed by atoms with Gasteiger partial charge >= 0.3 is 5.97 Å². The van der Waals surface area contributed by atoms with Gasteiger partial charge in [-0.1, -0.05) is 29.3 Å². The van der Waals surface area contributed by atoms with E-state index in [4.69, 9.17) is 33.0 Å². The Morgan fingerprint density at radius 3 is 2.21 bits per heavy atom. The lowest BCUT2D eigenvalue weighted by Gasteiger charge is -2.16. The average Bonchev–Trinajstić information content (AvgIpc) is 3.02. The molecule has 4 rings (SSSR count). The van der Waals surface area contributed by atoms with E-state index in [2.05, 4.69) is 10.0 Å². The molecule has 9 nitrogen and oxygen atoms in total. The molecule has 34 heavy (non-hydrogen) atoms. The summed E-state index contributed by atoms with van der Waals surface area (Å²) in [4.78, 5) is 35.1. The fraction of sp³-hybridized carbons (Fsp3) is 0.0455. The minimum atomic E-state index is -4.13. The molecule has 1 aliphatic heterocycles. The first-order valence-corrected chi connectivity index (χ1v) is 11.8. The van der Waals surface area contributed by atoms with Gasteiger partial charge in [-0.3, -0.25) is 24.4 Å². The van der Waals surface area contributed by atoms with Gasteiger partial charge in [0.25, 0.3) is 21.8 Å². The number of anilines is 1. The minimum Gasteiger partial charge on any atom is -0.481 e. The summed E-state index contributed by atoms with van der Waals surface area (Å²) in [5.74, 6) is -2.42. The van der Waals surface area contributed by atoms with Crippen molar-refractivity contribution in [2.75, 3.05) is 4.72 Å². The molecule has 2 amide bonds. The second kappa shape index (κ2) is 8.98. The van der Waals surface area contributed by atoms with Crippen molar-refractivity contribution >= 4 is 56.7 Å². The molecule has 1 aliphatic rings. The Bertz CT molecular complexity index is 1450. The molecule has 0 aromatic heterocycles. The predicted molar refractivity (Wildman–Crippen MR) is 123 cm³/mol. The molecule has 1 heterocycles. The second-order valence-electron chi connectivity index (χ2n) is 7.17. The number of benzene rings is 3. The maximum absolute atomic E-state index is 12.9. The van der Waals surface area contributed by atoms with Gasteiger partial charge in [-0.15, -0.1) is 0 Å². The smallest absolute Gasteiger partial charge is 0.307 e. The normalized spacial score (nSPS) is 12.8. The number of carbonyl (C=O) groups excluding carboxylic acids is 2. The first-order valence-electron chi connectivity index (χ1n) is 9.53. The fourth-order valence-electron chi connectivity index (χ4n) is 3.21. The van der Waals surface area contributed by atoms with Crippen LogP contribution < -0.4 is 14.8 Å². The summed E-state index contributed by atoms with van der Waals surface area (Å²) in [7, 11) is -4.13. The molecule has 0 saturated carbocycles. The number of hydrogen-bond acceptors (Lipinski definition) is 6. The van der Waals surface area contributed by atoms with Gasteiger partial charge in [-0.2, -0.15) is 0 Å². The first kappa shape index (κ1) is 23.6. The van der Waals surface area contributed by atoms with Crippen LogP contribution in [-0.4, -0.2) is 31.3 Å². The third-order valence-electron chi connectivity index (χ3n) is 4.78. The molecule has 3 N–H and O–H groups in total. The van der Waals surface area contributed by atoms with Crippen LogP contribution in [0.3, 0.4) is 0 Å². The number of rotatable bonds is 7. The predicted octanol–water partition coefficient (Wildman–Crippen LogP) is 4.10. The number of ether oxygens (including phenoxy) is 1. The molecule has 3 aromatic rings. The Morgan fingerprint density at radius 1 is 0.941 bits per heavy atom. The van der Waals surface area contributed by atoms with E-state index in [0.717, 1.165) is 0 Å². The summed E-state index contributed by atoms with van der Waals surface area (Å²) in [6.45, 7) is 0. The highest BCUT2D eigenvalue weighted by molar-refractivity contribution is 7.92. The molecule has 0 radical (unpaired) electrons. The molecule has 0 bridgehead atoms. The van der Waals surface area contributed by atoms with Gasteiger partial charge in [0, 0.05) is 5.02 Å². The Hall–Kier alpha value is -3.60. The number of halogens is 2. The van der Waals surface area contributed by atoms with Gasteiger partial charge in [-0.05, 0) is 54.1 Å². The molecule has 174 valence electrons. The SMILES string of the molecule is O=C(O)Cc1ccc(Oc2cc3c(cc2NS(=O)(=O)c2ccc(Cl)cc2)C(=O)NC3=O)c(Cl)c1. The third kappa shape index (κ3) is 4.84. The zero-order chi connectivity index (χ0) is 24.6. The van der Waals surface area contributed by atoms with Gasteiger partial charge in [0.1, 0.15) is 5.75 Å². The molecular formula is C22H14Cl2N2O7S. The molecule has 0 spiro atoms. The third-order valence-corrected chi connectivity index (χ3v) is 6.70. The van der Waals surface area contributed by atoms with E-state index in [1.807, 2.05) is 0 Å². The largest absolute Gasteiger partial charge is 0.481 e. The Labute approximate surface area is 203 Å². The number of hydrogen-bond donors (Lipinski definition) is 3. The molecule has 0 atom stereocenters. The maximum Gasteiger partial charge on any atom is 0.307 e. The molecule has 12 heteroatoms. The van der Waals surface area contributed by atoms with Crippen molar-refractivity contribution in [1.82, 2.24) is 5.32 Å². The van der Waals surface area contributed by atoms with E-state index < -0.39 is 27.8 Å². The number of fused-ring (bicyclic) bond motifs is 1. The summed E-state index contributed by atoms with van der Waals surface area (Å²) in [5.41, 5.74) is 0.263. The van der Waals surface area contributed by atoms with Gasteiger partial charge in [-0.25, -0.2) is 8.42 Å². The van der Waals surface area contributed by atoms with Crippen molar-refractivity contribution < 1.29 is 32.6 Å². The Balaban J connectivity index is 1.75. The lowest BCUT2D eigenvalue weighted by Crippen LogP contribution is -2.19. The standard InChI is InChI=1S/C22H14Cl2N2O7S/c23-12-2-4-13(5-3-12)34(31,32)26-17-9-14-15(22(30)25-21(14)29)10-19(17)33-18-6-1-11(7-16(18)24)8-20(27)28/h1-7,9-10,26H,8H2,(H,27,28)(H,25,29,30). The monoisotopic (exact) mass is 520 g/mol. The van der Waals surface area contributed by atoms with Gasteiger partial charge in [0.05, 0.1) is 33.2 Å². The van der Waals surface area contributed by atoms with Crippen molar-refractivity contribution in [1.29, 1.82) is 0 Å². The van der Waals surface area contributed by atoms with E-state index in [1.165, 1.54) is 54.6 Å². The number of carbonyl (C=O) groups is 3. The maximum atomic E-state index is 12.9. The number of carboxylic acid groups (broad SMARTS) is 1. The summed E-state index contributed by atoms with van der Waals surface area (Å²) in [5, 5.41) is 11.5. The summed E-state index contributed by atoms with van der Waals surface area (Å²) >= 11 is 12.1. The number of imide groups is 1. The molecule has 3 aromatic carbocycles. The lowest BCUT2D eigenvalue weighted by molar-refractivity contribution is -0.136. The molecular weight excluding hydrogens is 507 g/mol. The highest BCUT2D eigenvalue weighted by Crippen LogP contribution is 2.38. The zero-order valence-electron chi connectivity index (χ0n) is 17.0. The van der Waals surface area contributed by atoms with Crippen LogP contribution in [0.15, 0.2) is 59.5 Å². The highest BCUT2D eigenvalue weighted by Gasteiger charge is 2.30. The topological polar surface area (TPSA) is 139 Å². The average molecular weight is 521 g/mol. The quantitative estimate of drug-likeness (QED) is 0.398. The van der Waals surface area contributed by atoms with Crippen LogP contribution in [0.4, 0.5) is 5.69 Å². The highest BCUT2D eigenvalue weighted by atomic mass is 35.5. The van der Waals surface area contributed by atoms with Crippen molar-refractivity contribution in [3.05, 3.63) is 81.3 Å². The number of nitrogens with one attached hydrogen (secondary N) is 2. The number of aliphatic carboxylic acids is 1. The molecule has 0 unspecified atom stereocenters. The van der Waals surface area contributed by atoms with Gasteiger partial charge in [0.2, 0.25) is 0 Å². The first-order chi connectivity index (χ1) is 16.0. The van der Waals surface area contributed by atoms with Crippen molar-refractivity contribution in [3.8, 4) is 11.5 Å². The molecule has 0 aliphatic carbocycles. The van der Waals surface area contributed by atoms with E-state index in [-0.39, 0.29) is 44.7 Å². The fourth-order valence-corrected chi connectivity index (χ4v) is 4.63. The van der Waals surface area contributed by atoms with E-state index in [0.29, 0.717) is 10.6 Å². The van der Waals surface area contributed by atoms with E-state index in [1.54, 1.807) is 0 Å². The van der Waals surface area contributed by atoms with Crippen LogP contribution in [0.25, 0.3) is 0 Å². The molecule has 0 saturated heterocycles. The van der Waals surface area contributed by atoms with Crippen LogP contribution in [0, 0.1) is 0 Å². The van der Waals surface area contributed by atoms with Crippen LogP contribution in [-0.2, 0) is 21.2 Å². The van der Waals surface area contributed by atoms with Crippen LogP contribution >= 0.6 is 23.2 Å². The minimum absolute atomic E-state index is 0.00643.